The van der Waals surface area contributed by atoms with Gasteiger partial charge in [-0.1, -0.05) is 12.1 Å². The lowest BCUT2D eigenvalue weighted by Crippen LogP contribution is -2.40. The molecule has 0 atom stereocenters. The van der Waals surface area contributed by atoms with Crippen molar-refractivity contribution in [3.05, 3.63) is 35.6 Å². The molecule has 1 aromatic rings. The van der Waals surface area contributed by atoms with Crippen LogP contribution in [0.4, 0.5) is 4.39 Å². The Morgan fingerprint density at radius 2 is 1.88 bits per heavy atom. The summed E-state index contributed by atoms with van der Waals surface area (Å²) in [6, 6.07) is 7.34. The van der Waals surface area contributed by atoms with E-state index in [1.54, 1.807) is 0 Å². The van der Waals surface area contributed by atoms with Gasteiger partial charge in [0.15, 0.2) is 0 Å². The van der Waals surface area contributed by atoms with Crippen LogP contribution in [0.3, 0.4) is 0 Å². The van der Waals surface area contributed by atoms with Gasteiger partial charge in [0, 0.05) is 12.6 Å². The number of benzene rings is 1. The molecule has 88 valence electrons. The summed E-state index contributed by atoms with van der Waals surface area (Å²) in [7, 11) is 2.16. The van der Waals surface area contributed by atoms with Gasteiger partial charge in [-0.25, -0.2) is 4.39 Å². The number of piperidine rings is 1. The molecule has 1 aromatic carbocycles. The second-order valence-corrected chi connectivity index (χ2v) is 4.58. The van der Waals surface area contributed by atoms with Gasteiger partial charge >= 0.3 is 0 Å². The Morgan fingerprint density at radius 1 is 1.25 bits per heavy atom. The Morgan fingerprint density at radius 3 is 2.50 bits per heavy atom. The summed E-state index contributed by atoms with van der Waals surface area (Å²) in [5, 5.41) is 3.53. The molecule has 2 rings (SSSR count). The lowest BCUT2D eigenvalue weighted by Gasteiger charge is -2.29. The van der Waals surface area contributed by atoms with Gasteiger partial charge in [-0.05, 0) is 50.7 Å². The minimum Gasteiger partial charge on any atom is -0.310 e. The number of hydrogen-bond acceptors (Lipinski definition) is 2. The molecule has 1 saturated heterocycles. The summed E-state index contributed by atoms with van der Waals surface area (Å²) < 4.78 is 12.7. The number of nitrogens with one attached hydrogen (secondary N) is 1. The number of rotatable bonds is 3. The maximum absolute atomic E-state index is 12.7. The smallest absolute Gasteiger partial charge is 0.123 e. The topological polar surface area (TPSA) is 15.3 Å². The second-order valence-electron chi connectivity index (χ2n) is 4.58. The molecule has 0 bridgehead atoms. The molecule has 1 aliphatic rings. The van der Waals surface area contributed by atoms with Gasteiger partial charge in [-0.3, -0.25) is 0 Å². The highest BCUT2D eigenvalue weighted by Gasteiger charge is 2.15. The maximum atomic E-state index is 12.7. The highest BCUT2D eigenvalue weighted by Crippen LogP contribution is 2.09. The Labute approximate surface area is 96.5 Å². The highest BCUT2D eigenvalue weighted by molar-refractivity contribution is 5.15. The van der Waals surface area contributed by atoms with E-state index < -0.39 is 0 Å². The molecule has 0 saturated carbocycles. The average molecular weight is 222 g/mol. The molecule has 1 N–H and O–H groups in total. The van der Waals surface area contributed by atoms with E-state index in [9.17, 15) is 4.39 Å². The summed E-state index contributed by atoms with van der Waals surface area (Å²) in [5.74, 6) is -0.164. The Kier molecular flexibility index (Phi) is 3.91. The summed E-state index contributed by atoms with van der Waals surface area (Å²) in [5.41, 5.74) is 1.15. The Hall–Kier alpha value is -0.930. The molecule has 1 aliphatic heterocycles. The Bertz CT molecular complexity index is 315. The second kappa shape index (κ2) is 5.41. The first kappa shape index (κ1) is 11.6. The van der Waals surface area contributed by atoms with Crippen LogP contribution in [-0.2, 0) is 6.54 Å². The number of hydrogen-bond donors (Lipinski definition) is 1. The molecule has 0 radical (unpaired) electrons. The van der Waals surface area contributed by atoms with Crippen molar-refractivity contribution in [2.45, 2.75) is 25.4 Å². The van der Waals surface area contributed by atoms with Crippen molar-refractivity contribution in [3.63, 3.8) is 0 Å². The predicted molar refractivity (Wildman–Crippen MR) is 63.8 cm³/mol. The van der Waals surface area contributed by atoms with Crippen molar-refractivity contribution >= 4 is 0 Å². The Balaban J connectivity index is 1.77. The third-order valence-electron chi connectivity index (χ3n) is 3.23. The van der Waals surface area contributed by atoms with E-state index >= 15 is 0 Å². The van der Waals surface area contributed by atoms with Gasteiger partial charge in [0.25, 0.3) is 0 Å². The van der Waals surface area contributed by atoms with Crippen LogP contribution in [0.15, 0.2) is 24.3 Å². The summed E-state index contributed by atoms with van der Waals surface area (Å²) in [6.45, 7) is 3.18. The first-order valence-corrected chi connectivity index (χ1v) is 5.90. The van der Waals surface area contributed by atoms with Crippen molar-refractivity contribution in [1.29, 1.82) is 0 Å². The van der Waals surface area contributed by atoms with Gasteiger partial charge in [0.05, 0.1) is 0 Å². The third-order valence-corrected chi connectivity index (χ3v) is 3.23. The van der Waals surface area contributed by atoms with Gasteiger partial charge < -0.3 is 10.2 Å². The summed E-state index contributed by atoms with van der Waals surface area (Å²) >= 11 is 0. The molecule has 0 aromatic heterocycles. The van der Waals surface area contributed by atoms with Gasteiger partial charge in [-0.15, -0.1) is 0 Å². The van der Waals surface area contributed by atoms with E-state index in [0.29, 0.717) is 6.04 Å². The minimum absolute atomic E-state index is 0.164. The molecule has 16 heavy (non-hydrogen) atoms. The molecule has 3 heteroatoms. The monoisotopic (exact) mass is 222 g/mol. The van der Waals surface area contributed by atoms with E-state index in [2.05, 4.69) is 17.3 Å². The molecule has 0 amide bonds. The fourth-order valence-electron chi connectivity index (χ4n) is 2.08. The zero-order valence-corrected chi connectivity index (χ0v) is 9.75. The number of nitrogens with zero attached hydrogens (tertiary/aromatic N) is 1. The molecule has 2 nitrogen and oxygen atoms in total. The standard InChI is InChI=1S/C13H19FN2/c1-16-8-6-13(7-9-16)15-10-11-2-4-12(14)5-3-11/h2-5,13,15H,6-10H2,1H3. The van der Waals surface area contributed by atoms with Crippen molar-refractivity contribution < 1.29 is 4.39 Å². The first-order valence-electron chi connectivity index (χ1n) is 5.90. The lowest BCUT2D eigenvalue weighted by molar-refractivity contribution is 0.234. The zero-order valence-electron chi connectivity index (χ0n) is 9.75. The predicted octanol–water partition coefficient (Wildman–Crippen LogP) is 2.01. The largest absolute Gasteiger partial charge is 0.310 e. The van der Waals surface area contributed by atoms with Crippen molar-refractivity contribution in [1.82, 2.24) is 10.2 Å². The SMILES string of the molecule is CN1CCC(NCc2ccc(F)cc2)CC1. The van der Waals surface area contributed by atoms with Crippen LogP contribution in [0.5, 0.6) is 0 Å². The molecular formula is C13H19FN2. The molecular weight excluding hydrogens is 203 g/mol. The van der Waals surface area contributed by atoms with E-state index in [1.807, 2.05) is 12.1 Å². The van der Waals surface area contributed by atoms with E-state index in [-0.39, 0.29) is 5.82 Å². The van der Waals surface area contributed by atoms with Gasteiger partial charge in [-0.2, -0.15) is 0 Å². The fraction of sp³-hybridized carbons (Fsp3) is 0.538. The normalized spacial score (nSPS) is 18.9. The van der Waals surface area contributed by atoms with Crippen molar-refractivity contribution in [2.24, 2.45) is 0 Å². The zero-order chi connectivity index (χ0) is 11.4. The van der Waals surface area contributed by atoms with Crippen LogP contribution in [0.2, 0.25) is 0 Å². The maximum Gasteiger partial charge on any atom is 0.123 e. The van der Waals surface area contributed by atoms with E-state index in [4.69, 9.17) is 0 Å². The first-order chi connectivity index (χ1) is 7.74. The van der Waals surface area contributed by atoms with E-state index in [1.165, 1.54) is 38.1 Å². The fourth-order valence-corrected chi connectivity index (χ4v) is 2.08. The molecule has 0 aliphatic carbocycles. The lowest BCUT2D eigenvalue weighted by atomic mass is 10.1. The third kappa shape index (κ3) is 3.29. The van der Waals surface area contributed by atoms with Crippen molar-refractivity contribution in [3.8, 4) is 0 Å². The van der Waals surface area contributed by atoms with Crippen LogP contribution in [-0.4, -0.2) is 31.1 Å². The van der Waals surface area contributed by atoms with Gasteiger partial charge in [0.1, 0.15) is 5.82 Å². The average Bonchev–Trinajstić information content (AvgIpc) is 2.30. The van der Waals surface area contributed by atoms with Crippen LogP contribution < -0.4 is 5.32 Å². The van der Waals surface area contributed by atoms with Crippen LogP contribution in [0.1, 0.15) is 18.4 Å². The minimum atomic E-state index is -0.164. The van der Waals surface area contributed by atoms with Crippen LogP contribution in [0, 0.1) is 5.82 Å². The number of likely N-dealkylation sites (tertiary alicyclic amines) is 1. The van der Waals surface area contributed by atoms with Crippen molar-refractivity contribution in [2.75, 3.05) is 20.1 Å². The quantitative estimate of drug-likeness (QED) is 0.841. The number of halogens is 1. The molecule has 0 spiro atoms. The molecule has 1 fully saturated rings. The summed E-state index contributed by atoms with van der Waals surface area (Å²) in [6.07, 6.45) is 2.41. The molecule has 0 unspecified atom stereocenters. The van der Waals surface area contributed by atoms with E-state index in [0.717, 1.165) is 12.1 Å². The molecule has 1 heterocycles. The van der Waals surface area contributed by atoms with Crippen LogP contribution >= 0.6 is 0 Å². The van der Waals surface area contributed by atoms with Crippen LogP contribution in [0.25, 0.3) is 0 Å². The van der Waals surface area contributed by atoms with Gasteiger partial charge in [0.2, 0.25) is 0 Å². The highest BCUT2D eigenvalue weighted by atomic mass is 19.1. The summed E-state index contributed by atoms with van der Waals surface area (Å²) in [4.78, 5) is 2.36.